The van der Waals surface area contributed by atoms with E-state index in [0.717, 1.165) is 23.4 Å². The van der Waals surface area contributed by atoms with E-state index in [9.17, 15) is 9.59 Å². The fourth-order valence-corrected chi connectivity index (χ4v) is 3.93. The van der Waals surface area contributed by atoms with E-state index in [1.165, 1.54) is 0 Å². The molecule has 2 aromatic carbocycles. The second-order valence-corrected chi connectivity index (χ2v) is 8.28. The van der Waals surface area contributed by atoms with E-state index >= 15 is 0 Å². The van der Waals surface area contributed by atoms with Crippen LogP contribution < -0.4 is 10.1 Å². The van der Waals surface area contributed by atoms with Gasteiger partial charge in [-0.05, 0) is 50.6 Å². The van der Waals surface area contributed by atoms with Crippen LogP contribution in [0.1, 0.15) is 44.9 Å². The second kappa shape index (κ2) is 11.6. The van der Waals surface area contributed by atoms with Gasteiger partial charge in [0.1, 0.15) is 11.7 Å². The molecule has 0 bridgehead atoms. The van der Waals surface area contributed by atoms with Crippen LogP contribution in [0.15, 0.2) is 59.6 Å². The van der Waals surface area contributed by atoms with E-state index in [-0.39, 0.29) is 18.7 Å². The molecule has 0 aromatic heterocycles. The number of nitrogens with zero attached hydrogens (tertiary/aromatic N) is 2. The third-order valence-corrected chi connectivity index (χ3v) is 5.45. The van der Waals surface area contributed by atoms with Crippen molar-refractivity contribution in [3.05, 3.63) is 65.7 Å². The lowest BCUT2D eigenvalue weighted by atomic mass is 9.87. The highest BCUT2D eigenvalue weighted by Gasteiger charge is 2.40. The molecule has 0 saturated carbocycles. The molecule has 2 atom stereocenters. The van der Waals surface area contributed by atoms with Crippen molar-refractivity contribution in [3.8, 4) is 5.75 Å². The molecule has 1 aliphatic heterocycles. The molecular weight excluding hydrogens is 418 g/mol. The van der Waals surface area contributed by atoms with Crippen molar-refractivity contribution in [3.63, 3.8) is 0 Å². The topological polar surface area (TPSA) is 80.2 Å². The summed E-state index contributed by atoms with van der Waals surface area (Å²) in [6.45, 7) is 9.84. The van der Waals surface area contributed by atoms with Crippen LogP contribution in [-0.4, -0.2) is 48.4 Å². The average Bonchev–Trinajstić information content (AvgIpc) is 2.79. The minimum absolute atomic E-state index is 0.0564. The Balaban J connectivity index is 1.87. The maximum absolute atomic E-state index is 13.0. The molecule has 7 heteroatoms. The third kappa shape index (κ3) is 6.65. The zero-order valence-corrected chi connectivity index (χ0v) is 19.8. The highest BCUT2D eigenvalue weighted by molar-refractivity contribution is 6.10. The van der Waals surface area contributed by atoms with E-state index in [0.29, 0.717) is 18.8 Å². The number of ether oxygens (including phenoxy) is 2. The zero-order chi connectivity index (χ0) is 23.8. The smallest absolute Gasteiger partial charge is 0.341 e. The summed E-state index contributed by atoms with van der Waals surface area (Å²) in [7, 11) is 0. The second-order valence-electron chi connectivity index (χ2n) is 8.28. The van der Waals surface area contributed by atoms with E-state index in [1.54, 1.807) is 6.92 Å². The molecular formula is C26H33N3O4. The molecule has 1 aliphatic rings. The fraction of sp³-hybridized carbons (Fsp3) is 0.423. The molecule has 33 heavy (non-hydrogen) atoms. The first-order valence-corrected chi connectivity index (χ1v) is 11.5. The van der Waals surface area contributed by atoms with Gasteiger partial charge < -0.3 is 14.8 Å². The normalized spacial score (nSPS) is 18.1. The molecule has 2 unspecified atom stereocenters. The molecule has 2 amide bonds. The Bertz CT molecular complexity index is 957. The van der Waals surface area contributed by atoms with Gasteiger partial charge in [0.25, 0.3) is 0 Å². The minimum Gasteiger partial charge on any atom is -0.491 e. The molecule has 1 heterocycles. The summed E-state index contributed by atoms with van der Waals surface area (Å²) in [6, 6.07) is 16.5. The van der Waals surface area contributed by atoms with E-state index in [4.69, 9.17) is 9.47 Å². The first-order valence-electron chi connectivity index (χ1n) is 11.5. The monoisotopic (exact) mass is 451 g/mol. The van der Waals surface area contributed by atoms with E-state index in [2.05, 4.69) is 34.3 Å². The van der Waals surface area contributed by atoms with Crippen molar-refractivity contribution >= 4 is 17.7 Å². The average molecular weight is 452 g/mol. The highest BCUT2D eigenvalue weighted by atomic mass is 16.5. The molecule has 176 valence electrons. The summed E-state index contributed by atoms with van der Waals surface area (Å²) < 4.78 is 11.1. The number of benzene rings is 2. The van der Waals surface area contributed by atoms with Crippen molar-refractivity contribution < 1.29 is 19.1 Å². The van der Waals surface area contributed by atoms with Crippen molar-refractivity contribution in [2.45, 2.75) is 46.4 Å². The summed E-state index contributed by atoms with van der Waals surface area (Å²) in [5, 5.41) is 2.87. The lowest BCUT2D eigenvalue weighted by Gasteiger charge is -2.33. The minimum atomic E-state index is -0.704. The van der Waals surface area contributed by atoms with Crippen molar-refractivity contribution in [2.75, 3.05) is 19.7 Å². The number of aliphatic imine (C=N–C) groups is 1. The van der Waals surface area contributed by atoms with Gasteiger partial charge in [0.05, 0.1) is 24.5 Å². The first kappa shape index (κ1) is 24.5. The van der Waals surface area contributed by atoms with Crippen LogP contribution in [0.3, 0.4) is 0 Å². The molecule has 2 aromatic rings. The van der Waals surface area contributed by atoms with Crippen LogP contribution in [0.4, 0.5) is 4.79 Å². The summed E-state index contributed by atoms with van der Waals surface area (Å²) in [6.07, 6.45) is 0.0564. The van der Waals surface area contributed by atoms with Crippen molar-refractivity contribution in [1.82, 2.24) is 10.2 Å². The molecule has 0 fully saturated rings. The Kier molecular flexibility index (Phi) is 8.60. The van der Waals surface area contributed by atoms with Crippen LogP contribution in [0.25, 0.3) is 0 Å². The quantitative estimate of drug-likeness (QED) is 0.542. The van der Waals surface area contributed by atoms with Gasteiger partial charge in [0, 0.05) is 13.1 Å². The Morgan fingerprint density at radius 3 is 2.36 bits per heavy atom. The van der Waals surface area contributed by atoms with Crippen LogP contribution in [0.2, 0.25) is 0 Å². The Labute approximate surface area is 195 Å². The van der Waals surface area contributed by atoms with E-state index in [1.807, 2.05) is 56.3 Å². The molecule has 0 spiro atoms. The maximum Gasteiger partial charge on any atom is 0.341 e. The fourth-order valence-electron chi connectivity index (χ4n) is 3.93. The number of amides is 2. The van der Waals surface area contributed by atoms with Gasteiger partial charge in [0.15, 0.2) is 0 Å². The molecule has 0 radical (unpaired) electrons. The molecule has 0 saturated heterocycles. The van der Waals surface area contributed by atoms with Crippen LogP contribution in [-0.2, 0) is 16.1 Å². The predicted octanol–water partition coefficient (Wildman–Crippen LogP) is 4.38. The molecule has 0 aliphatic carbocycles. The van der Waals surface area contributed by atoms with Crippen LogP contribution >= 0.6 is 0 Å². The number of rotatable bonds is 10. The molecule has 7 nitrogen and oxygen atoms in total. The molecule has 3 rings (SSSR count). The van der Waals surface area contributed by atoms with Gasteiger partial charge in [-0.2, -0.15) is 0 Å². The van der Waals surface area contributed by atoms with Gasteiger partial charge >= 0.3 is 12.0 Å². The number of urea groups is 1. The predicted molar refractivity (Wildman–Crippen MR) is 128 cm³/mol. The zero-order valence-electron chi connectivity index (χ0n) is 19.8. The largest absolute Gasteiger partial charge is 0.491 e. The number of carbonyl (C=O) groups excluding carboxylic acids is 2. The van der Waals surface area contributed by atoms with Gasteiger partial charge in [0.2, 0.25) is 0 Å². The number of hydrogen-bond acceptors (Lipinski definition) is 5. The number of esters is 1. The third-order valence-electron chi connectivity index (χ3n) is 5.45. The summed E-state index contributed by atoms with van der Waals surface area (Å²) >= 11 is 0. The number of nitrogens with one attached hydrogen (secondary N) is 1. The summed E-state index contributed by atoms with van der Waals surface area (Å²) in [5.41, 5.74) is 2.48. The Morgan fingerprint density at radius 2 is 1.76 bits per heavy atom. The van der Waals surface area contributed by atoms with Crippen LogP contribution in [0, 0.1) is 5.92 Å². The van der Waals surface area contributed by atoms with Gasteiger partial charge in [-0.25, -0.2) is 9.79 Å². The Morgan fingerprint density at radius 1 is 1.06 bits per heavy atom. The SMILES string of the molecule is CCOC(=O)C1C(CN(CC)Cc2ccccc2)=NC(=O)NC1c1ccc(OC(C)C)cc1. The standard InChI is InChI=1S/C26H33N3O4/c1-5-29(16-19-10-8-7-9-11-19)17-22-23(25(30)32-6-2)24(28-26(31)27-22)20-12-14-21(15-13-20)33-18(3)4/h7-15,18,23-24H,5-6,16-17H2,1-4H3,(H,28,31). The molecule has 1 N–H and O–H groups in total. The number of carbonyl (C=O) groups is 2. The Hall–Kier alpha value is -3.19. The summed E-state index contributed by atoms with van der Waals surface area (Å²) in [4.78, 5) is 32.0. The first-order chi connectivity index (χ1) is 15.9. The highest BCUT2D eigenvalue weighted by Crippen LogP contribution is 2.30. The lowest BCUT2D eigenvalue weighted by Crippen LogP contribution is -2.48. The van der Waals surface area contributed by atoms with Gasteiger partial charge in [-0.1, -0.05) is 49.4 Å². The summed E-state index contributed by atoms with van der Waals surface area (Å²) in [5.74, 6) is -0.360. The van der Waals surface area contributed by atoms with Gasteiger partial charge in [-0.3, -0.25) is 9.69 Å². The van der Waals surface area contributed by atoms with Crippen LogP contribution in [0.5, 0.6) is 5.75 Å². The maximum atomic E-state index is 13.0. The van der Waals surface area contributed by atoms with Crippen molar-refractivity contribution in [2.24, 2.45) is 10.9 Å². The van der Waals surface area contributed by atoms with Gasteiger partial charge in [-0.15, -0.1) is 0 Å². The lowest BCUT2D eigenvalue weighted by molar-refractivity contribution is -0.146. The van der Waals surface area contributed by atoms with Crippen molar-refractivity contribution in [1.29, 1.82) is 0 Å². The number of hydrogen-bond donors (Lipinski definition) is 1. The van der Waals surface area contributed by atoms with E-state index < -0.39 is 18.0 Å².